The normalized spacial score (nSPS) is 36.2. The zero-order valence-electron chi connectivity index (χ0n) is 10.1. The Morgan fingerprint density at radius 2 is 1.94 bits per heavy atom. The quantitative estimate of drug-likeness (QED) is 0.768. The average molecular weight is 225 g/mol. The van der Waals surface area contributed by atoms with Crippen molar-refractivity contribution in [2.75, 3.05) is 13.1 Å². The predicted molar refractivity (Wildman–Crippen MR) is 58.8 cm³/mol. The summed E-state index contributed by atoms with van der Waals surface area (Å²) in [6, 6.07) is 0. The molecule has 1 amide bonds. The highest BCUT2D eigenvalue weighted by atomic mass is 16.4. The Labute approximate surface area is 95.6 Å². The van der Waals surface area contributed by atoms with Crippen molar-refractivity contribution in [1.29, 1.82) is 0 Å². The highest BCUT2D eigenvalue weighted by Crippen LogP contribution is 2.59. The van der Waals surface area contributed by atoms with E-state index in [0.29, 0.717) is 5.92 Å². The maximum atomic E-state index is 12.1. The summed E-state index contributed by atoms with van der Waals surface area (Å²) in [5.41, 5.74) is -0.366. The second-order valence-electron chi connectivity index (χ2n) is 5.79. The number of likely N-dealkylation sites (tertiary alicyclic amines) is 1. The molecule has 1 N–H and O–H groups in total. The van der Waals surface area contributed by atoms with Gasteiger partial charge in [0.15, 0.2) is 0 Å². The van der Waals surface area contributed by atoms with Gasteiger partial charge in [0.05, 0.1) is 11.8 Å². The summed E-state index contributed by atoms with van der Waals surface area (Å²) in [6.07, 6.45) is 1.04. The smallest absolute Gasteiger partial charge is 0.307 e. The summed E-state index contributed by atoms with van der Waals surface area (Å²) < 4.78 is 0. The van der Waals surface area contributed by atoms with Crippen LogP contribution in [-0.2, 0) is 9.59 Å². The molecule has 1 saturated carbocycles. The Morgan fingerprint density at radius 3 is 2.31 bits per heavy atom. The minimum atomic E-state index is -0.837. The van der Waals surface area contributed by atoms with Crippen LogP contribution < -0.4 is 0 Å². The zero-order valence-corrected chi connectivity index (χ0v) is 10.1. The first kappa shape index (κ1) is 11.4. The van der Waals surface area contributed by atoms with Gasteiger partial charge < -0.3 is 10.0 Å². The summed E-state index contributed by atoms with van der Waals surface area (Å²) in [5.74, 6) is -1.04. The van der Waals surface area contributed by atoms with E-state index in [1.165, 1.54) is 0 Å². The van der Waals surface area contributed by atoms with Crippen molar-refractivity contribution in [2.24, 2.45) is 23.2 Å². The predicted octanol–water partition coefficient (Wildman–Crippen LogP) is 1.21. The van der Waals surface area contributed by atoms with Crippen LogP contribution in [0.15, 0.2) is 0 Å². The first-order valence-corrected chi connectivity index (χ1v) is 5.87. The van der Waals surface area contributed by atoms with E-state index in [9.17, 15) is 9.59 Å². The van der Waals surface area contributed by atoms with Gasteiger partial charge in [-0.3, -0.25) is 9.59 Å². The van der Waals surface area contributed by atoms with Gasteiger partial charge >= 0.3 is 5.97 Å². The van der Waals surface area contributed by atoms with Gasteiger partial charge in [-0.1, -0.05) is 20.8 Å². The Morgan fingerprint density at radius 1 is 1.31 bits per heavy atom. The molecule has 1 heterocycles. The van der Waals surface area contributed by atoms with E-state index in [0.717, 1.165) is 19.5 Å². The Balaban J connectivity index is 2.04. The zero-order chi connectivity index (χ0) is 12.1. The first-order chi connectivity index (χ1) is 7.35. The fraction of sp³-hybridized carbons (Fsp3) is 0.833. The van der Waals surface area contributed by atoms with Crippen molar-refractivity contribution >= 4 is 11.9 Å². The van der Waals surface area contributed by atoms with E-state index >= 15 is 0 Å². The summed E-state index contributed by atoms with van der Waals surface area (Å²) in [6.45, 7) is 7.44. The molecule has 0 aromatic carbocycles. The highest BCUT2D eigenvalue weighted by Gasteiger charge is 2.66. The number of nitrogens with zero attached hydrogens (tertiary/aromatic N) is 1. The summed E-state index contributed by atoms with van der Waals surface area (Å²) >= 11 is 0. The molecule has 3 atom stereocenters. The van der Waals surface area contributed by atoms with Gasteiger partial charge in [0.1, 0.15) is 0 Å². The molecule has 2 fully saturated rings. The third-order valence-corrected chi connectivity index (χ3v) is 4.10. The summed E-state index contributed by atoms with van der Waals surface area (Å²) in [7, 11) is 0. The number of rotatable bonds is 2. The SMILES string of the molecule is CC1CCN(C(=O)C2C(C(=O)O)C2(C)C)C1. The monoisotopic (exact) mass is 225 g/mol. The third-order valence-electron chi connectivity index (χ3n) is 4.10. The second kappa shape index (κ2) is 3.47. The van der Waals surface area contributed by atoms with Crippen molar-refractivity contribution in [3.05, 3.63) is 0 Å². The van der Waals surface area contributed by atoms with Crippen LogP contribution in [0, 0.1) is 23.2 Å². The maximum absolute atomic E-state index is 12.1. The van der Waals surface area contributed by atoms with Gasteiger partial charge in [-0.25, -0.2) is 0 Å². The number of carbonyl (C=O) groups is 2. The number of aliphatic carboxylic acids is 1. The molecule has 1 aliphatic carbocycles. The first-order valence-electron chi connectivity index (χ1n) is 5.87. The standard InChI is InChI=1S/C12H19NO3/c1-7-4-5-13(6-7)10(14)8-9(11(15)16)12(8,2)3/h7-9H,4-6H2,1-3H3,(H,15,16). The molecule has 2 aliphatic rings. The van der Waals surface area contributed by atoms with Crippen molar-refractivity contribution in [3.63, 3.8) is 0 Å². The number of carboxylic acid groups (broad SMARTS) is 1. The van der Waals surface area contributed by atoms with Crippen LogP contribution in [0.2, 0.25) is 0 Å². The van der Waals surface area contributed by atoms with E-state index in [-0.39, 0.29) is 17.2 Å². The number of hydrogen-bond donors (Lipinski definition) is 1. The lowest BCUT2D eigenvalue weighted by atomic mass is 10.1. The fourth-order valence-electron chi connectivity index (χ4n) is 2.89. The average Bonchev–Trinajstić information content (AvgIpc) is 2.54. The lowest BCUT2D eigenvalue weighted by molar-refractivity contribution is -0.141. The molecule has 3 unspecified atom stereocenters. The van der Waals surface area contributed by atoms with Crippen LogP contribution >= 0.6 is 0 Å². The van der Waals surface area contributed by atoms with Gasteiger partial charge in [0, 0.05) is 13.1 Å². The molecule has 0 bridgehead atoms. The van der Waals surface area contributed by atoms with Crippen LogP contribution in [0.4, 0.5) is 0 Å². The van der Waals surface area contributed by atoms with Gasteiger partial charge in [-0.2, -0.15) is 0 Å². The lowest BCUT2D eigenvalue weighted by Gasteiger charge is -2.16. The van der Waals surface area contributed by atoms with Gasteiger partial charge in [-0.15, -0.1) is 0 Å². The molecule has 0 aromatic rings. The van der Waals surface area contributed by atoms with Crippen LogP contribution in [0.5, 0.6) is 0 Å². The minimum absolute atomic E-state index is 0.0433. The molecular formula is C12H19NO3. The minimum Gasteiger partial charge on any atom is -0.481 e. The van der Waals surface area contributed by atoms with E-state index in [2.05, 4.69) is 6.92 Å². The fourth-order valence-corrected chi connectivity index (χ4v) is 2.89. The Kier molecular flexibility index (Phi) is 2.48. The number of amides is 1. The number of hydrogen-bond acceptors (Lipinski definition) is 2. The highest BCUT2D eigenvalue weighted by molar-refractivity contribution is 5.91. The van der Waals surface area contributed by atoms with Gasteiger partial charge in [-0.05, 0) is 17.8 Å². The molecule has 0 spiro atoms. The molecule has 1 aliphatic heterocycles. The van der Waals surface area contributed by atoms with E-state index in [1.807, 2.05) is 18.7 Å². The molecule has 16 heavy (non-hydrogen) atoms. The molecular weight excluding hydrogens is 206 g/mol. The number of carbonyl (C=O) groups excluding carboxylic acids is 1. The van der Waals surface area contributed by atoms with Crippen LogP contribution in [0.3, 0.4) is 0 Å². The van der Waals surface area contributed by atoms with Crippen molar-refractivity contribution < 1.29 is 14.7 Å². The van der Waals surface area contributed by atoms with E-state index in [1.54, 1.807) is 0 Å². The van der Waals surface area contributed by atoms with Crippen molar-refractivity contribution in [1.82, 2.24) is 4.90 Å². The van der Waals surface area contributed by atoms with Crippen molar-refractivity contribution in [3.8, 4) is 0 Å². The van der Waals surface area contributed by atoms with Crippen molar-refractivity contribution in [2.45, 2.75) is 27.2 Å². The largest absolute Gasteiger partial charge is 0.481 e. The second-order valence-corrected chi connectivity index (χ2v) is 5.79. The summed E-state index contributed by atoms with van der Waals surface area (Å²) in [4.78, 5) is 25.0. The van der Waals surface area contributed by atoms with Crippen LogP contribution in [-0.4, -0.2) is 35.0 Å². The maximum Gasteiger partial charge on any atom is 0.307 e. The van der Waals surface area contributed by atoms with E-state index < -0.39 is 11.9 Å². The third kappa shape index (κ3) is 1.60. The van der Waals surface area contributed by atoms with Gasteiger partial charge in [0.2, 0.25) is 5.91 Å². The lowest BCUT2D eigenvalue weighted by Crippen LogP contribution is -2.31. The van der Waals surface area contributed by atoms with Gasteiger partial charge in [0.25, 0.3) is 0 Å². The Bertz CT molecular complexity index is 337. The molecule has 0 aromatic heterocycles. The molecule has 4 nitrogen and oxygen atoms in total. The Hall–Kier alpha value is -1.06. The summed E-state index contributed by atoms with van der Waals surface area (Å²) in [5, 5.41) is 9.03. The molecule has 90 valence electrons. The van der Waals surface area contributed by atoms with Crippen LogP contribution in [0.1, 0.15) is 27.2 Å². The molecule has 1 saturated heterocycles. The topological polar surface area (TPSA) is 57.6 Å². The number of carboxylic acids is 1. The molecule has 0 radical (unpaired) electrons. The van der Waals surface area contributed by atoms with Crippen LogP contribution in [0.25, 0.3) is 0 Å². The molecule has 2 rings (SSSR count). The molecule has 4 heteroatoms. The van der Waals surface area contributed by atoms with E-state index in [4.69, 9.17) is 5.11 Å².